The van der Waals surface area contributed by atoms with Crippen LogP contribution in [0.5, 0.6) is 0 Å². The minimum atomic E-state index is -0.521. The summed E-state index contributed by atoms with van der Waals surface area (Å²) in [5, 5.41) is 7.12. The number of fused-ring (bicyclic) bond motifs is 2. The third-order valence-electron chi connectivity index (χ3n) is 9.78. The van der Waals surface area contributed by atoms with Crippen molar-refractivity contribution in [2.75, 3.05) is 36.0 Å². The fraction of sp³-hybridized carbons (Fsp3) is 0.500. The molecule has 4 aromatic heterocycles. The van der Waals surface area contributed by atoms with Gasteiger partial charge in [0.2, 0.25) is 11.9 Å². The molecule has 312 valence electrons. The van der Waals surface area contributed by atoms with Crippen LogP contribution < -0.4 is 20.4 Å². The van der Waals surface area contributed by atoms with Crippen molar-refractivity contribution in [3.05, 3.63) is 69.0 Å². The van der Waals surface area contributed by atoms with Crippen LogP contribution in [0.2, 0.25) is 10.0 Å². The van der Waals surface area contributed by atoms with Crippen molar-refractivity contribution in [2.24, 2.45) is 0 Å². The van der Waals surface area contributed by atoms with Crippen LogP contribution >= 0.6 is 57.6 Å². The summed E-state index contributed by atoms with van der Waals surface area (Å²) in [5.41, 5.74) is 0.126. The highest BCUT2D eigenvalue weighted by molar-refractivity contribution is 14.1. The molecular weight excluding hydrogens is 914 g/mol. The van der Waals surface area contributed by atoms with E-state index in [1.54, 1.807) is 18.5 Å². The van der Waals surface area contributed by atoms with E-state index in [-0.39, 0.29) is 23.3 Å². The molecule has 2 fully saturated rings. The zero-order chi connectivity index (χ0) is 42.0. The van der Waals surface area contributed by atoms with Crippen molar-refractivity contribution in [1.82, 2.24) is 39.4 Å². The molecular formula is C40H51Cl2IN10O4S. The van der Waals surface area contributed by atoms with Gasteiger partial charge < -0.3 is 29.9 Å². The molecule has 58 heavy (non-hydrogen) atoms. The molecule has 0 bridgehead atoms. The Morgan fingerprint density at radius 2 is 1.19 bits per heavy atom. The average Bonchev–Trinajstić information content (AvgIpc) is 3.82. The Morgan fingerprint density at radius 3 is 1.69 bits per heavy atom. The van der Waals surface area contributed by atoms with E-state index < -0.39 is 11.2 Å². The molecule has 2 amide bonds. The molecule has 0 atom stereocenters. The van der Waals surface area contributed by atoms with E-state index in [1.165, 1.54) is 11.8 Å². The number of anilines is 2. The number of carbonyl (C=O) groups is 2. The Kier molecular flexibility index (Phi) is 13.2. The number of aromatic nitrogens is 6. The quantitative estimate of drug-likeness (QED) is 0.157. The van der Waals surface area contributed by atoms with Crippen LogP contribution in [0, 0.1) is 3.57 Å². The number of piperidine rings is 2. The number of benzene rings is 1. The third kappa shape index (κ3) is 10.9. The lowest BCUT2D eigenvalue weighted by molar-refractivity contribution is 0.0435. The van der Waals surface area contributed by atoms with Crippen LogP contribution in [0.4, 0.5) is 21.5 Å². The first-order valence-electron chi connectivity index (χ1n) is 19.2. The smallest absolute Gasteiger partial charge is 0.408 e. The molecule has 7 rings (SSSR count). The summed E-state index contributed by atoms with van der Waals surface area (Å²) in [6, 6.07) is 5.56. The molecule has 5 aromatic rings. The monoisotopic (exact) mass is 964 g/mol. The normalized spacial score (nSPS) is 16.7. The number of ether oxygens (including phenoxy) is 2. The summed E-state index contributed by atoms with van der Waals surface area (Å²) >= 11 is 16.3. The van der Waals surface area contributed by atoms with E-state index in [9.17, 15) is 9.59 Å². The minimum Gasteiger partial charge on any atom is -0.444 e. The zero-order valence-corrected chi connectivity index (χ0v) is 38.6. The van der Waals surface area contributed by atoms with Gasteiger partial charge >= 0.3 is 12.2 Å². The number of amides is 2. The SMILES string of the molecule is CC1(NC(=O)OC(C)(C)C)CCN(c2ncc(I)c3nccn23)CC1.CC1(NC(=O)OC(C)(C)C)CCN(c2ncc(Sc3cccc(Cl)c3Cl)c3nccn23)CC1. The molecule has 6 heterocycles. The number of carbonyl (C=O) groups excluding carboxylic acids is 2. The van der Waals surface area contributed by atoms with Crippen molar-refractivity contribution in [2.45, 2.75) is 113 Å². The van der Waals surface area contributed by atoms with Gasteiger partial charge in [-0.15, -0.1) is 0 Å². The van der Waals surface area contributed by atoms with E-state index in [2.05, 4.69) is 71.8 Å². The maximum atomic E-state index is 12.3. The number of nitrogens with zero attached hydrogens (tertiary/aromatic N) is 8. The van der Waals surface area contributed by atoms with E-state index in [4.69, 9.17) is 37.7 Å². The molecule has 0 radical (unpaired) electrons. The second kappa shape index (κ2) is 17.5. The van der Waals surface area contributed by atoms with Crippen molar-refractivity contribution in [3.63, 3.8) is 0 Å². The van der Waals surface area contributed by atoms with E-state index in [0.717, 1.165) is 88.4 Å². The van der Waals surface area contributed by atoms with Crippen LogP contribution in [-0.2, 0) is 9.47 Å². The Morgan fingerprint density at radius 1 is 0.724 bits per heavy atom. The standard InChI is InChI=1S/C23H27Cl2N5O2S.C17H24IN5O2/c1-22(2,3)32-21(31)28-23(4)8-11-29(12-9-23)20-27-14-17(19-26-10-13-30(19)20)33-16-7-5-6-15(24)18(16)25;1-16(2,3)25-15(24)21-17(4)5-8-22(9-6-17)14-20-11-12(18)13-19-7-10-23(13)14/h5-7,10,13-14H,8-9,11-12H2,1-4H3,(H,28,31);7,10-11H,5-6,8-9H2,1-4H3,(H,21,24). The van der Waals surface area contributed by atoms with Crippen molar-refractivity contribution < 1.29 is 19.1 Å². The van der Waals surface area contributed by atoms with Gasteiger partial charge in [0.15, 0.2) is 11.3 Å². The average molecular weight is 966 g/mol. The van der Waals surface area contributed by atoms with Crippen molar-refractivity contribution in [1.29, 1.82) is 0 Å². The van der Waals surface area contributed by atoms with Gasteiger partial charge in [0, 0.05) is 79.3 Å². The molecule has 18 heteroatoms. The predicted molar refractivity (Wildman–Crippen MR) is 238 cm³/mol. The Labute approximate surface area is 367 Å². The lowest BCUT2D eigenvalue weighted by Gasteiger charge is -2.40. The van der Waals surface area contributed by atoms with Gasteiger partial charge in [0.05, 0.1) is 18.5 Å². The third-order valence-corrected chi connectivity index (χ3v) is 12.5. The highest BCUT2D eigenvalue weighted by Gasteiger charge is 2.35. The fourth-order valence-electron chi connectivity index (χ4n) is 6.73. The molecule has 0 saturated carbocycles. The van der Waals surface area contributed by atoms with Crippen LogP contribution in [0.25, 0.3) is 11.3 Å². The molecule has 0 spiro atoms. The predicted octanol–water partition coefficient (Wildman–Crippen LogP) is 9.29. The van der Waals surface area contributed by atoms with Gasteiger partial charge in [-0.25, -0.2) is 29.5 Å². The number of nitrogens with one attached hydrogen (secondary N) is 2. The summed E-state index contributed by atoms with van der Waals surface area (Å²) in [4.78, 5) is 48.8. The maximum absolute atomic E-state index is 12.3. The minimum absolute atomic E-state index is 0.268. The van der Waals surface area contributed by atoms with Crippen LogP contribution in [0.1, 0.15) is 81.1 Å². The number of hydrogen-bond donors (Lipinski definition) is 2. The van der Waals surface area contributed by atoms with Gasteiger partial charge in [-0.1, -0.05) is 41.0 Å². The Balaban J connectivity index is 0.000000203. The van der Waals surface area contributed by atoms with Crippen LogP contribution in [0.3, 0.4) is 0 Å². The van der Waals surface area contributed by atoms with Crippen molar-refractivity contribution >= 4 is 92.9 Å². The van der Waals surface area contributed by atoms with E-state index >= 15 is 0 Å². The van der Waals surface area contributed by atoms with Crippen LogP contribution in [-0.4, -0.2) is 89.4 Å². The maximum Gasteiger partial charge on any atom is 0.408 e. The first kappa shape index (κ1) is 43.8. The van der Waals surface area contributed by atoms with Crippen LogP contribution in [0.15, 0.2) is 65.2 Å². The first-order valence-corrected chi connectivity index (χ1v) is 21.8. The van der Waals surface area contributed by atoms with Gasteiger partial charge in [0.1, 0.15) is 11.2 Å². The zero-order valence-electron chi connectivity index (χ0n) is 34.1. The molecule has 2 N–H and O–H groups in total. The van der Waals surface area contributed by atoms with E-state index in [1.807, 2.05) is 87.3 Å². The second-order valence-electron chi connectivity index (χ2n) is 17.1. The van der Waals surface area contributed by atoms with Crippen molar-refractivity contribution in [3.8, 4) is 0 Å². The summed E-state index contributed by atoms with van der Waals surface area (Å²) in [6.45, 7) is 18.5. The van der Waals surface area contributed by atoms with Gasteiger partial charge in [-0.3, -0.25) is 8.80 Å². The summed E-state index contributed by atoms with van der Waals surface area (Å²) in [6.07, 6.45) is 13.6. The summed E-state index contributed by atoms with van der Waals surface area (Å²) in [7, 11) is 0. The van der Waals surface area contributed by atoms with Gasteiger partial charge in [0.25, 0.3) is 0 Å². The molecule has 0 aliphatic carbocycles. The van der Waals surface area contributed by atoms with Gasteiger partial charge in [-0.05, 0) is 116 Å². The summed E-state index contributed by atoms with van der Waals surface area (Å²) in [5.74, 6) is 1.72. The molecule has 2 saturated heterocycles. The van der Waals surface area contributed by atoms with Gasteiger partial charge in [-0.2, -0.15) is 0 Å². The molecule has 2 aliphatic rings. The van der Waals surface area contributed by atoms with E-state index in [0.29, 0.717) is 10.0 Å². The largest absolute Gasteiger partial charge is 0.444 e. The topological polar surface area (TPSA) is 144 Å². The molecule has 14 nitrogen and oxygen atoms in total. The summed E-state index contributed by atoms with van der Waals surface area (Å²) < 4.78 is 15.9. The number of hydrogen-bond acceptors (Lipinski definition) is 11. The Hall–Kier alpha value is -3.74. The number of halogens is 3. The molecule has 1 aromatic carbocycles. The number of rotatable bonds is 6. The number of imidazole rings is 2. The molecule has 2 aliphatic heterocycles. The lowest BCUT2D eigenvalue weighted by Crippen LogP contribution is -2.54. The highest BCUT2D eigenvalue weighted by atomic mass is 127. The second-order valence-corrected chi connectivity index (χ2v) is 20.1. The fourth-order valence-corrected chi connectivity index (χ4v) is 8.67. The highest BCUT2D eigenvalue weighted by Crippen LogP contribution is 2.39. The lowest BCUT2D eigenvalue weighted by atomic mass is 9.90. The Bertz CT molecular complexity index is 2260. The first-order chi connectivity index (χ1) is 27.2. The molecule has 0 unspecified atom stereocenters. The number of alkyl carbamates (subject to hydrolysis) is 2.